The largest absolute Gasteiger partial charge is 0.271 e. The Kier molecular flexibility index (Phi) is 4.53. The second kappa shape index (κ2) is 4.39. The maximum Gasteiger partial charge on any atom is 0.139 e. The number of nitrogens with one attached hydrogen (secondary N) is 3. The zero-order chi connectivity index (χ0) is 5.70. The molecular weight excluding hydrogens is 113 g/mol. The van der Waals surface area contributed by atoms with E-state index >= 15 is 0 Å². The molecule has 0 aliphatic rings. The van der Waals surface area contributed by atoms with Crippen LogP contribution in [0.5, 0.6) is 0 Å². The molecule has 0 heterocycles. The molecule has 0 saturated carbocycles. The topological polar surface area (TPSA) is 88.1 Å². The minimum atomic E-state index is -0.245. The van der Waals surface area contributed by atoms with Crippen LogP contribution in [0.3, 0.4) is 0 Å². The van der Waals surface area contributed by atoms with Crippen LogP contribution in [-0.4, -0.2) is 6.29 Å². The Balaban J connectivity index is 2.99. The molecule has 0 saturated heterocycles. The number of hydrogen-bond donors (Lipinski definition) is 5. The van der Waals surface area contributed by atoms with Gasteiger partial charge in [0, 0.05) is 0 Å². The average molecular weight is 123 g/mol. The molecule has 44 valence electrons. The molecule has 6 heteroatoms. The van der Waals surface area contributed by atoms with Crippen molar-refractivity contribution in [1.29, 1.82) is 0 Å². The second-order valence-electron chi connectivity index (χ2n) is 0.933. The van der Waals surface area contributed by atoms with Crippen molar-refractivity contribution >= 4 is 9.39 Å². The van der Waals surface area contributed by atoms with Crippen LogP contribution in [0.4, 0.5) is 0 Å². The van der Waals surface area contributed by atoms with E-state index in [0.29, 0.717) is 0 Å². The maximum atomic E-state index is 4.93. The van der Waals surface area contributed by atoms with Crippen LogP contribution >= 0.6 is 9.39 Å². The Bertz CT molecular complexity index is 29.6. The number of hydrazine groups is 2. The van der Waals surface area contributed by atoms with E-state index in [4.69, 9.17) is 11.7 Å². The summed E-state index contributed by atoms with van der Waals surface area (Å²) < 4.78 is 0. The first-order valence-corrected chi connectivity index (χ1v) is 2.31. The van der Waals surface area contributed by atoms with Gasteiger partial charge in [-0.2, -0.15) is 0 Å². The third-order valence-corrected chi connectivity index (χ3v) is 0.833. The Morgan fingerprint density at radius 1 is 1.29 bits per heavy atom. The van der Waals surface area contributed by atoms with Gasteiger partial charge in [-0.25, -0.2) is 10.9 Å². The first-order valence-electron chi connectivity index (χ1n) is 1.73. The van der Waals surface area contributed by atoms with E-state index in [0.717, 1.165) is 0 Å². The van der Waals surface area contributed by atoms with Crippen molar-refractivity contribution in [2.75, 3.05) is 0 Å². The molecule has 0 aromatic rings. The van der Waals surface area contributed by atoms with Crippen LogP contribution in [0, 0.1) is 0 Å². The van der Waals surface area contributed by atoms with Gasteiger partial charge in [0.1, 0.15) is 6.29 Å². The molecule has 0 aromatic heterocycles. The summed E-state index contributed by atoms with van der Waals surface area (Å²) >= 11 is 0. The SMILES string of the molecule is NNC(NN)NP. The lowest BCUT2D eigenvalue weighted by molar-refractivity contribution is 0.431. The normalized spacial score (nSPS) is 10.3. The molecular formula is CH10N5P. The van der Waals surface area contributed by atoms with E-state index in [9.17, 15) is 0 Å². The quantitative estimate of drug-likeness (QED) is 0.125. The monoisotopic (exact) mass is 123 g/mol. The molecule has 0 amide bonds. The lowest BCUT2D eigenvalue weighted by Crippen LogP contribution is -2.55. The summed E-state index contributed by atoms with van der Waals surface area (Å²) in [7, 11) is 2.25. The minimum Gasteiger partial charge on any atom is -0.271 e. The van der Waals surface area contributed by atoms with Gasteiger partial charge in [0.15, 0.2) is 0 Å². The van der Waals surface area contributed by atoms with E-state index in [1.54, 1.807) is 0 Å². The van der Waals surface area contributed by atoms with Gasteiger partial charge in [-0.05, 0) is 0 Å². The van der Waals surface area contributed by atoms with Crippen molar-refractivity contribution in [3.05, 3.63) is 0 Å². The van der Waals surface area contributed by atoms with Crippen molar-refractivity contribution in [2.45, 2.75) is 6.29 Å². The van der Waals surface area contributed by atoms with Crippen LogP contribution in [0.1, 0.15) is 0 Å². The van der Waals surface area contributed by atoms with Crippen LogP contribution in [0.15, 0.2) is 0 Å². The highest BCUT2D eigenvalue weighted by Crippen LogP contribution is 1.67. The standard InChI is InChI=1S/CH10N5P/c2-4-1(5-3)6-7/h1,4-6H,2-3,7H2. The molecule has 0 fully saturated rings. The molecule has 0 aliphatic heterocycles. The summed E-state index contributed by atoms with van der Waals surface area (Å²) in [4.78, 5) is 0. The van der Waals surface area contributed by atoms with Crippen molar-refractivity contribution in [3.63, 3.8) is 0 Å². The first kappa shape index (κ1) is 7.23. The Hall–Kier alpha value is 0.230. The minimum absolute atomic E-state index is 0.245. The smallest absolute Gasteiger partial charge is 0.139 e. The number of rotatable bonds is 3. The van der Waals surface area contributed by atoms with E-state index in [2.05, 4.69) is 25.3 Å². The van der Waals surface area contributed by atoms with Crippen LogP contribution in [0.25, 0.3) is 0 Å². The van der Waals surface area contributed by atoms with Gasteiger partial charge >= 0.3 is 0 Å². The lowest BCUT2D eigenvalue weighted by Gasteiger charge is -2.10. The van der Waals surface area contributed by atoms with E-state index < -0.39 is 0 Å². The van der Waals surface area contributed by atoms with Gasteiger partial charge in [0.2, 0.25) is 0 Å². The lowest BCUT2D eigenvalue weighted by atomic mass is 10.9. The fourth-order valence-corrected chi connectivity index (χ4v) is 0.337. The van der Waals surface area contributed by atoms with Crippen molar-refractivity contribution in [3.8, 4) is 0 Å². The van der Waals surface area contributed by atoms with Gasteiger partial charge in [-0.1, -0.05) is 9.39 Å². The molecule has 1 atom stereocenters. The van der Waals surface area contributed by atoms with Crippen LogP contribution in [-0.2, 0) is 0 Å². The molecule has 0 radical (unpaired) electrons. The van der Waals surface area contributed by atoms with E-state index in [1.165, 1.54) is 0 Å². The zero-order valence-corrected chi connectivity index (χ0v) is 4.96. The third-order valence-electron chi connectivity index (χ3n) is 0.500. The van der Waals surface area contributed by atoms with Gasteiger partial charge in [-0.15, -0.1) is 0 Å². The molecule has 0 rings (SSSR count). The van der Waals surface area contributed by atoms with Crippen LogP contribution < -0.4 is 27.6 Å². The molecule has 0 aromatic carbocycles. The Labute approximate surface area is 44.4 Å². The second-order valence-corrected chi connectivity index (χ2v) is 1.27. The summed E-state index contributed by atoms with van der Waals surface area (Å²) in [5, 5.41) is 2.65. The van der Waals surface area contributed by atoms with Crippen molar-refractivity contribution < 1.29 is 0 Å². The van der Waals surface area contributed by atoms with E-state index in [1.807, 2.05) is 0 Å². The highest BCUT2D eigenvalue weighted by atomic mass is 31.0. The van der Waals surface area contributed by atoms with Gasteiger partial charge in [-0.3, -0.25) is 16.8 Å². The Morgan fingerprint density at radius 3 is 1.71 bits per heavy atom. The summed E-state index contributed by atoms with van der Waals surface area (Å²) in [6.07, 6.45) is -0.245. The van der Waals surface area contributed by atoms with E-state index in [-0.39, 0.29) is 6.29 Å². The summed E-state index contributed by atoms with van der Waals surface area (Å²) in [6.45, 7) is 0. The predicted octanol–water partition coefficient (Wildman–Crippen LogP) is -2.42. The molecule has 7 N–H and O–H groups in total. The average Bonchev–Trinajstić information content (AvgIpc) is 1.72. The fourth-order valence-electron chi connectivity index (χ4n) is 0.144. The Morgan fingerprint density at radius 2 is 1.71 bits per heavy atom. The number of hydrogen-bond acceptors (Lipinski definition) is 5. The third kappa shape index (κ3) is 2.87. The highest BCUT2D eigenvalue weighted by Gasteiger charge is 1.92. The molecule has 1 unspecified atom stereocenters. The van der Waals surface area contributed by atoms with Gasteiger partial charge in [0.05, 0.1) is 0 Å². The van der Waals surface area contributed by atoms with Crippen LogP contribution in [0.2, 0.25) is 0 Å². The zero-order valence-electron chi connectivity index (χ0n) is 3.81. The first-order chi connectivity index (χ1) is 3.35. The van der Waals surface area contributed by atoms with Gasteiger partial charge in [0.25, 0.3) is 0 Å². The maximum absolute atomic E-state index is 4.93. The van der Waals surface area contributed by atoms with Crippen molar-refractivity contribution in [1.82, 2.24) is 15.9 Å². The molecule has 5 nitrogen and oxygen atoms in total. The summed E-state index contributed by atoms with van der Waals surface area (Å²) in [6, 6.07) is 0. The molecule has 0 bridgehead atoms. The molecule has 0 spiro atoms. The predicted molar refractivity (Wildman–Crippen MR) is 31.3 cm³/mol. The highest BCUT2D eigenvalue weighted by molar-refractivity contribution is 7.13. The molecule has 0 aliphatic carbocycles. The fraction of sp³-hybridized carbons (Fsp3) is 1.00. The summed E-state index contributed by atoms with van der Waals surface area (Å²) in [5.74, 6) is 9.85. The number of nitrogens with two attached hydrogens (primary N) is 2. The summed E-state index contributed by atoms with van der Waals surface area (Å²) in [5.41, 5.74) is 4.67. The van der Waals surface area contributed by atoms with Crippen molar-refractivity contribution in [2.24, 2.45) is 11.7 Å². The molecule has 7 heavy (non-hydrogen) atoms. The van der Waals surface area contributed by atoms with Gasteiger partial charge < -0.3 is 0 Å².